The van der Waals surface area contributed by atoms with E-state index < -0.39 is 27.8 Å². The Balaban J connectivity index is 1.67. The summed E-state index contributed by atoms with van der Waals surface area (Å²) in [5.41, 5.74) is 1.02. The van der Waals surface area contributed by atoms with Gasteiger partial charge < -0.3 is 19.7 Å². The molecule has 0 bridgehead atoms. The van der Waals surface area contributed by atoms with Gasteiger partial charge in [-0.25, -0.2) is 12.8 Å². The zero-order chi connectivity index (χ0) is 27.0. The molecule has 0 aliphatic rings. The molecular weight excluding hydrogens is 501 g/mol. The maximum absolute atomic E-state index is 13.1. The number of hydrogen-bond acceptors (Lipinski definition) is 6. The molecule has 0 unspecified atom stereocenters. The van der Waals surface area contributed by atoms with Crippen molar-refractivity contribution in [2.24, 2.45) is 0 Å². The molecule has 3 rings (SSSR count). The number of anilines is 1. The van der Waals surface area contributed by atoms with Gasteiger partial charge in [-0.3, -0.25) is 14.3 Å². The largest absolute Gasteiger partial charge is 0.497 e. The summed E-state index contributed by atoms with van der Waals surface area (Å²) >= 11 is 0. The second kappa shape index (κ2) is 12.2. The SMILES string of the molecule is CNC(=O)[C@H](C)N(Cc1ccc(OC)cc1)C(=O)COc1ccc(S(=O)(=O)Nc2ccc(F)cc2)cc1. The summed E-state index contributed by atoms with van der Waals surface area (Å²) in [7, 11) is -0.860. The third kappa shape index (κ3) is 7.43. The van der Waals surface area contributed by atoms with Gasteiger partial charge in [-0.05, 0) is 73.2 Å². The van der Waals surface area contributed by atoms with Crippen LogP contribution in [0.1, 0.15) is 12.5 Å². The van der Waals surface area contributed by atoms with Crippen LogP contribution in [0.15, 0.2) is 77.7 Å². The average molecular weight is 530 g/mol. The van der Waals surface area contributed by atoms with Crippen molar-refractivity contribution < 1.29 is 31.9 Å². The second-order valence-corrected chi connectivity index (χ2v) is 9.71. The van der Waals surface area contributed by atoms with Gasteiger partial charge in [0.15, 0.2) is 6.61 Å². The highest BCUT2D eigenvalue weighted by atomic mass is 32.2. The number of nitrogens with one attached hydrogen (secondary N) is 2. The molecule has 0 aromatic heterocycles. The van der Waals surface area contributed by atoms with Crippen LogP contribution in [0.4, 0.5) is 10.1 Å². The van der Waals surface area contributed by atoms with Crippen molar-refractivity contribution in [1.82, 2.24) is 10.2 Å². The summed E-state index contributed by atoms with van der Waals surface area (Å²) in [4.78, 5) is 26.6. The number of carbonyl (C=O) groups excluding carboxylic acids is 2. The Morgan fingerprint density at radius 3 is 2.11 bits per heavy atom. The van der Waals surface area contributed by atoms with E-state index >= 15 is 0 Å². The Morgan fingerprint density at radius 2 is 1.54 bits per heavy atom. The molecule has 1 atom stereocenters. The molecule has 0 aliphatic heterocycles. The lowest BCUT2D eigenvalue weighted by atomic mass is 10.1. The van der Waals surface area contributed by atoms with Gasteiger partial charge in [0.25, 0.3) is 15.9 Å². The van der Waals surface area contributed by atoms with E-state index in [0.29, 0.717) is 5.75 Å². The summed E-state index contributed by atoms with van der Waals surface area (Å²) in [5, 5.41) is 2.54. The van der Waals surface area contributed by atoms with E-state index in [1.54, 1.807) is 38.3 Å². The fraction of sp³-hybridized carbons (Fsp3) is 0.231. The van der Waals surface area contributed by atoms with Crippen LogP contribution in [0.3, 0.4) is 0 Å². The zero-order valence-corrected chi connectivity index (χ0v) is 21.4. The van der Waals surface area contributed by atoms with Crippen LogP contribution in [-0.4, -0.2) is 51.9 Å². The number of likely N-dealkylation sites (N-methyl/N-ethyl adjacent to an activating group) is 1. The maximum Gasteiger partial charge on any atom is 0.261 e. The first-order valence-electron chi connectivity index (χ1n) is 11.3. The molecule has 3 aromatic carbocycles. The molecule has 0 saturated heterocycles. The quantitative estimate of drug-likeness (QED) is 0.395. The van der Waals surface area contributed by atoms with Crippen LogP contribution in [0.2, 0.25) is 0 Å². The van der Waals surface area contributed by atoms with Gasteiger partial charge in [0.1, 0.15) is 23.4 Å². The fourth-order valence-corrected chi connectivity index (χ4v) is 4.45. The number of carbonyl (C=O) groups is 2. The number of methoxy groups -OCH3 is 1. The molecule has 0 aliphatic carbocycles. The Kier molecular flexibility index (Phi) is 9.07. The summed E-state index contributed by atoms with van der Waals surface area (Å²) in [6.07, 6.45) is 0. The van der Waals surface area contributed by atoms with E-state index in [-0.39, 0.29) is 35.4 Å². The highest BCUT2D eigenvalue weighted by molar-refractivity contribution is 7.92. The van der Waals surface area contributed by atoms with Gasteiger partial charge in [-0.1, -0.05) is 12.1 Å². The van der Waals surface area contributed by atoms with E-state index in [9.17, 15) is 22.4 Å². The number of halogens is 1. The summed E-state index contributed by atoms with van der Waals surface area (Å²) in [6.45, 7) is 1.43. The molecule has 9 nitrogen and oxygen atoms in total. The van der Waals surface area contributed by atoms with E-state index in [2.05, 4.69) is 10.0 Å². The minimum Gasteiger partial charge on any atom is -0.497 e. The van der Waals surface area contributed by atoms with Crippen LogP contribution in [-0.2, 0) is 26.2 Å². The minimum absolute atomic E-state index is 0.0372. The lowest BCUT2D eigenvalue weighted by molar-refractivity contribution is -0.142. The standard InChI is InChI=1S/C26H28FN3O6S/c1-18(26(32)28-2)30(16-19-4-10-22(35-3)11-5-19)25(31)17-36-23-12-14-24(15-13-23)37(33,34)29-21-8-6-20(27)7-9-21/h4-15,18,29H,16-17H2,1-3H3,(H,28,32)/t18-/m0/s1. The number of benzene rings is 3. The van der Waals surface area contributed by atoms with Crippen molar-refractivity contribution in [3.05, 3.63) is 84.2 Å². The van der Waals surface area contributed by atoms with Crippen molar-refractivity contribution in [2.45, 2.75) is 24.4 Å². The number of ether oxygens (including phenoxy) is 2. The third-order valence-electron chi connectivity index (χ3n) is 5.52. The monoisotopic (exact) mass is 529 g/mol. The molecule has 3 aromatic rings. The Hall–Kier alpha value is -4.12. The molecule has 0 fully saturated rings. The normalized spacial score (nSPS) is 11.8. The van der Waals surface area contributed by atoms with Crippen LogP contribution >= 0.6 is 0 Å². The van der Waals surface area contributed by atoms with Gasteiger partial charge in [0, 0.05) is 19.3 Å². The van der Waals surface area contributed by atoms with Gasteiger partial charge in [0.05, 0.1) is 12.0 Å². The Morgan fingerprint density at radius 1 is 0.946 bits per heavy atom. The molecular formula is C26H28FN3O6S. The van der Waals surface area contributed by atoms with Crippen LogP contribution in [0, 0.1) is 5.82 Å². The lowest BCUT2D eigenvalue weighted by Gasteiger charge is -2.28. The van der Waals surface area contributed by atoms with Gasteiger partial charge >= 0.3 is 0 Å². The van der Waals surface area contributed by atoms with E-state index in [0.717, 1.165) is 17.7 Å². The molecule has 0 spiro atoms. The van der Waals surface area contributed by atoms with Crippen molar-refractivity contribution in [3.8, 4) is 11.5 Å². The maximum atomic E-state index is 13.1. The van der Waals surface area contributed by atoms with Gasteiger partial charge in [-0.2, -0.15) is 0 Å². The number of amides is 2. The van der Waals surface area contributed by atoms with Crippen molar-refractivity contribution in [1.29, 1.82) is 0 Å². The van der Waals surface area contributed by atoms with E-state index in [1.165, 1.54) is 48.3 Å². The Labute approximate surface area is 215 Å². The first-order chi connectivity index (χ1) is 17.6. The molecule has 2 amide bonds. The topological polar surface area (TPSA) is 114 Å². The highest BCUT2D eigenvalue weighted by Crippen LogP contribution is 2.20. The minimum atomic E-state index is -3.91. The lowest BCUT2D eigenvalue weighted by Crippen LogP contribution is -2.48. The summed E-state index contributed by atoms with van der Waals surface area (Å²) in [6, 6.07) is 16.8. The number of nitrogens with zero attached hydrogens (tertiary/aromatic N) is 1. The predicted octanol–water partition coefficient (Wildman–Crippen LogP) is 3.18. The van der Waals surface area contributed by atoms with Crippen molar-refractivity contribution in [2.75, 3.05) is 25.5 Å². The molecule has 11 heteroatoms. The Bertz CT molecular complexity index is 1310. The van der Waals surface area contributed by atoms with Crippen molar-refractivity contribution in [3.63, 3.8) is 0 Å². The van der Waals surface area contributed by atoms with Crippen LogP contribution in [0.25, 0.3) is 0 Å². The number of sulfonamides is 1. The van der Waals surface area contributed by atoms with Crippen LogP contribution < -0.4 is 19.5 Å². The molecule has 37 heavy (non-hydrogen) atoms. The smallest absolute Gasteiger partial charge is 0.261 e. The molecule has 196 valence electrons. The molecule has 0 heterocycles. The fourth-order valence-electron chi connectivity index (χ4n) is 3.39. The van der Waals surface area contributed by atoms with Gasteiger partial charge in [-0.15, -0.1) is 0 Å². The molecule has 0 saturated carbocycles. The second-order valence-electron chi connectivity index (χ2n) is 8.03. The first kappa shape index (κ1) is 27.5. The summed E-state index contributed by atoms with van der Waals surface area (Å²) in [5.74, 6) is -0.299. The average Bonchev–Trinajstić information content (AvgIpc) is 2.91. The molecule has 0 radical (unpaired) electrons. The number of rotatable bonds is 11. The summed E-state index contributed by atoms with van der Waals surface area (Å²) < 4.78 is 51.3. The van der Waals surface area contributed by atoms with Gasteiger partial charge in [0.2, 0.25) is 5.91 Å². The predicted molar refractivity (Wildman–Crippen MR) is 136 cm³/mol. The van der Waals surface area contributed by atoms with E-state index in [4.69, 9.17) is 9.47 Å². The highest BCUT2D eigenvalue weighted by Gasteiger charge is 2.26. The van der Waals surface area contributed by atoms with Crippen molar-refractivity contribution >= 4 is 27.5 Å². The number of hydrogen-bond donors (Lipinski definition) is 2. The third-order valence-corrected chi connectivity index (χ3v) is 6.92. The first-order valence-corrected chi connectivity index (χ1v) is 12.8. The van der Waals surface area contributed by atoms with Crippen LogP contribution in [0.5, 0.6) is 11.5 Å². The molecule has 2 N–H and O–H groups in total. The zero-order valence-electron chi connectivity index (χ0n) is 20.6. The van der Waals surface area contributed by atoms with E-state index in [1.807, 2.05) is 0 Å².